The molecule has 0 saturated carbocycles. The lowest BCUT2D eigenvalue weighted by molar-refractivity contribution is -0.140. The zero-order valence-electron chi connectivity index (χ0n) is 25.9. The van der Waals surface area contributed by atoms with Gasteiger partial charge in [-0.2, -0.15) is 5.10 Å². The van der Waals surface area contributed by atoms with E-state index in [1.807, 2.05) is 71.9 Å². The molecule has 0 aliphatic carbocycles. The minimum atomic E-state index is -1.11. The number of hydrogen-bond donors (Lipinski definition) is 1. The molecular formula is C37H34N4O4S2. The smallest absolute Gasteiger partial charge is 0.323 e. The third-order valence-corrected chi connectivity index (χ3v) is 9.16. The minimum Gasteiger partial charge on any atom is -0.480 e. The molecule has 2 aliphatic rings. The molecule has 47 heavy (non-hydrogen) atoms. The lowest BCUT2D eigenvalue weighted by atomic mass is 9.97. The molecule has 0 spiro atoms. The Labute approximate surface area is 284 Å². The largest absolute Gasteiger partial charge is 0.480 e. The number of rotatable bonds is 11. The maximum atomic E-state index is 12.7. The van der Waals surface area contributed by atoms with E-state index in [-0.39, 0.29) is 10.4 Å². The number of hydrazone groups is 1. The molecule has 1 fully saturated rings. The van der Waals surface area contributed by atoms with Crippen molar-refractivity contribution < 1.29 is 19.4 Å². The molecule has 0 bridgehead atoms. The standard InChI is InChI=1S/C37H34N4O4S2/c1-2-19-45-32-22-28-20-27(15-18-33(28)39(24-32)29-9-5-3-6-10-29)23-38-41(30-11-7-4-8-12-30)31-16-13-26(14-17-31)21-34-36(44)40(25-35(42)43)37(46)47-34/h3-18,20-21,23,32H,2,19,22,24-25H2,1H3,(H,42,43)/b34-21+,38-23+. The van der Waals surface area contributed by atoms with E-state index < -0.39 is 18.4 Å². The van der Waals surface area contributed by atoms with Gasteiger partial charge in [0.1, 0.15) is 10.9 Å². The number of carbonyl (C=O) groups excluding carboxylic acids is 1. The summed E-state index contributed by atoms with van der Waals surface area (Å²) in [4.78, 5) is 27.7. The van der Waals surface area contributed by atoms with Crippen molar-refractivity contribution in [3.63, 3.8) is 0 Å². The molecular weight excluding hydrogens is 629 g/mol. The average molecular weight is 663 g/mol. The SMILES string of the molecule is CCCOC1Cc2cc(/C=N/N(c3ccccc3)c3ccc(/C=C4/SC(=S)N(CC(=O)O)C4=O)cc3)ccc2N(c2ccccc2)C1. The maximum absolute atomic E-state index is 12.7. The molecule has 238 valence electrons. The molecule has 1 atom stereocenters. The quantitative estimate of drug-likeness (QED) is 0.0760. The van der Waals surface area contributed by atoms with Crippen molar-refractivity contribution in [3.8, 4) is 0 Å². The Bertz CT molecular complexity index is 1810. The highest BCUT2D eigenvalue weighted by Crippen LogP contribution is 2.36. The van der Waals surface area contributed by atoms with E-state index in [9.17, 15) is 9.59 Å². The van der Waals surface area contributed by atoms with Gasteiger partial charge in [0.25, 0.3) is 5.91 Å². The highest BCUT2D eigenvalue weighted by atomic mass is 32.2. The van der Waals surface area contributed by atoms with Crippen LogP contribution in [-0.2, 0) is 20.7 Å². The minimum absolute atomic E-state index is 0.0953. The zero-order valence-corrected chi connectivity index (χ0v) is 27.5. The Morgan fingerprint density at radius 2 is 1.68 bits per heavy atom. The molecule has 1 amide bonds. The number of thioether (sulfide) groups is 1. The summed E-state index contributed by atoms with van der Waals surface area (Å²) >= 11 is 6.33. The second-order valence-electron chi connectivity index (χ2n) is 11.2. The van der Waals surface area contributed by atoms with Crippen molar-refractivity contribution in [1.29, 1.82) is 0 Å². The molecule has 0 radical (unpaired) electrons. The van der Waals surface area contributed by atoms with Gasteiger partial charge in [0.15, 0.2) is 0 Å². The first-order chi connectivity index (χ1) is 22.9. The third-order valence-electron chi connectivity index (χ3n) is 7.78. The number of nitrogens with zero attached hydrogens (tertiary/aromatic N) is 4. The van der Waals surface area contributed by atoms with Crippen LogP contribution in [-0.4, -0.2) is 58.2 Å². The number of carbonyl (C=O) groups is 2. The van der Waals surface area contributed by atoms with Crippen LogP contribution in [0.2, 0.25) is 0 Å². The molecule has 10 heteroatoms. The van der Waals surface area contributed by atoms with Crippen molar-refractivity contribution in [2.45, 2.75) is 25.9 Å². The van der Waals surface area contributed by atoms with Gasteiger partial charge in [-0.25, -0.2) is 5.01 Å². The normalized spacial score (nSPS) is 17.0. The Kier molecular flexibility index (Phi) is 10.1. The van der Waals surface area contributed by atoms with Crippen LogP contribution in [0.5, 0.6) is 0 Å². The topological polar surface area (TPSA) is 85.7 Å². The van der Waals surface area contributed by atoms with Gasteiger partial charge in [-0.3, -0.25) is 14.5 Å². The Hall–Kier alpha value is -4.77. The highest BCUT2D eigenvalue weighted by molar-refractivity contribution is 8.26. The summed E-state index contributed by atoms with van der Waals surface area (Å²) in [6, 6.07) is 34.5. The highest BCUT2D eigenvalue weighted by Gasteiger charge is 2.33. The molecule has 4 aromatic carbocycles. The first-order valence-electron chi connectivity index (χ1n) is 15.4. The predicted octanol–water partition coefficient (Wildman–Crippen LogP) is 7.63. The van der Waals surface area contributed by atoms with Gasteiger partial charge < -0.3 is 14.7 Å². The van der Waals surface area contributed by atoms with E-state index in [4.69, 9.17) is 27.2 Å². The number of benzene rings is 4. The second-order valence-corrected chi connectivity index (χ2v) is 12.9. The van der Waals surface area contributed by atoms with Crippen LogP contribution in [0.1, 0.15) is 30.0 Å². The monoisotopic (exact) mass is 662 g/mol. The number of thiocarbonyl (C=S) groups is 1. The molecule has 2 heterocycles. The number of amides is 1. The van der Waals surface area contributed by atoms with Gasteiger partial charge in [-0.15, -0.1) is 0 Å². The lowest BCUT2D eigenvalue weighted by Gasteiger charge is -2.36. The van der Waals surface area contributed by atoms with Gasteiger partial charge in [-0.05, 0) is 77.7 Å². The predicted molar refractivity (Wildman–Crippen MR) is 194 cm³/mol. The van der Waals surface area contributed by atoms with Crippen molar-refractivity contribution >= 4 is 75.2 Å². The van der Waals surface area contributed by atoms with E-state index in [1.165, 1.54) is 11.3 Å². The molecule has 8 nitrogen and oxygen atoms in total. The van der Waals surface area contributed by atoms with Crippen LogP contribution in [0.3, 0.4) is 0 Å². The van der Waals surface area contributed by atoms with Crippen LogP contribution in [0.15, 0.2) is 113 Å². The van der Waals surface area contributed by atoms with E-state index in [2.05, 4.69) is 54.3 Å². The van der Waals surface area contributed by atoms with Gasteiger partial charge in [0, 0.05) is 30.9 Å². The van der Waals surface area contributed by atoms with Gasteiger partial charge in [0.2, 0.25) is 0 Å². The second kappa shape index (κ2) is 14.8. The molecule has 6 rings (SSSR count). The number of aliphatic carboxylic acids is 1. The summed E-state index contributed by atoms with van der Waals surface area (Å²) in [7, 11) is 0. The van der Waals surface area contributed by atoms with Crippen LogP contribution < -0.4 is 9.91 Å². The number of anilines is 4. The molecule has 1 saturated heterocycles. The van der Waals surface area contributed by atoms with Crippen molar-refractivity contribution in [1.82, 2.24) is 4.90 Å². The van der Waals surface area contributed by atoms with Gasteiger partial charge in [0.05, 0.1) is 28.6 Å². The van der Waals surface area contributed by atoms with Crippen LogP contribution in [0.4, 0.5) is 22.7 Å². The Morgan fingerprint density at radius 1 is 1.00 bits per heavy atom. The van der Waals surface area contributed by atoms with E-state index in [0.29, 0.717) is 4.91 Å². The van der Waals surface area contributed by atoms with Crippen molar-refractivity contribution in [3.05, 3.63) is 125 Å². The summed E-state index contributed by atoms with van der Waals surface area (Å²) in [6.45, 7) is 3.22. The molecule has 1 unspecified atom stereocenters. The fraction of sp³-hybridized carbons (Fsp3) is 0.189. The first kappa shape index (κ1) is 32.2. The number of carboxylic acid groups (broad SMARTS) is 1. The number of fused-ring (bicyclic) bond motifs is 1. The van der Waals surface area contributed by atoms with Crippen molar-refractivity contribution in [2.75, 3.05) is 29.6 Å². The maximum Gasteiger partial charge on any atom is 0.323 e. The first-order valence-corrected chi connectivity index (χ1v) is 16.7. The number of carboxylic acids is 1. The summed E-state index contributed by atoms with van der Waals surface area (Å²) in [5.41, 5.74) is 7.05. The van der Waals surface area contributed by atoms with Crippen LogP contribution in [0, 0.1) is 0 Å². The van der Waals surface area contributed by atoms with E-state index in [0.717, 1.165) is 70.8 Å². The fourth-order valence-corrected chi connectivity index (χ4v) is 6.84. The van der Waals surface area contributed by atoms with Gasteiger partial charge >= 0.3 is 5.97 Å². The van der Waals surface area contributed by atoms with Crippen LogP contribution >= 0.6 is 24.0 Å². The van der Waals surface area contributed by atoms with Crippen LogP contribution in [0.25, 0.3) is 6.08 Å². The van der Waals surface area contributed by atoms with E-state index in [1.54, 1.807) is 6.08 Å². The summed E-state index contributed by atoms with van der Waals surface area (Å²) in [5.74, 6) is -1.51. The molecule has 4 aromatic rings. The third kappa shape index (κ3) is 7.62. The molecule has 1 N–H and O–H groups in total. The zero-order chi connectivity index (χ0) is 32.8. The lowest BCUT2D eigenvalue weighted by Crippen LogP contribution is -2.37. The van der Waals surface area contributed by atoms with Crippen molar-refractivity contribution in [2.24, 2.45) is 5.10 Å². The molecule has 2 aliphatic heterocycles. The van der Waals surface area contributed by atoms with Gasteiger partial charge in [-0.1, -0.05) is 85.5 Å². The fourth-order valence-electron chi connectivity index (χ4n) is 5.58. The number of hydrogen-bond acceptors (Lipinski definition) is 8. The number of para-hydroxylation sites is 2. The summed E-state index contributed by atoms with van der Waals surface area (Å²) in [5, 5.41) is 15.9. The van der Waals surface area contributed by atoms with E-state index >= 15 is 0 Å². The molecule has 0 aromatic heterocycles. The summed E-state index contributed by atoms with van der Waals surface area (Å²) < 4.78 is 6.48. The Morgan fingerprint density at radius 3 is 2.38 bits per heavy atom. The summed E-state index contributed by atoms with van der Waals surface area (Å²) in [6.07, 6.45) is 5.51. The average Bonchev–Trinajstić information content (AvgIpc) is 3.35. The Balaban J connectivity index is 1.26. The number of ether oxygens (including phenoxy) is 1.